The molecule has 0 radical (unpaired) electrons. The minimum Gasteiger partial charge on any atom is -0.469 e. The molecule has 0 spiro atoms. The predicted octanol–water partition coefficient (Wildman–Crippen LogP) is 3.38. The Hall–Kier alpha value is -4.28. The summed E-state index contributed by atoms with van der Waals surface area (Å²) in [4.78, 5) is 40.1. The highest BCUT2D eigenvalue weighted by Gasteiger charge is 2.60. The van der Waals surface area contributed by atoms with Crippen molar-refractivity contribution in [2.24, 2.45) is 5.92 Å². The lowest BCUT2D eigenvalue weighted by atomic mass is 9.68. The minimum absolute atomic E-state index is 0.0273. The number of esters is 1. The molecule has 1 N–H and O–H groups in total. The standard InChI is InChI=1S/C25H25FN4O6/c1-15-22(30(33)34)21(36-28-15)12-25(18-11-17(26)9-10-20(18)27-2)19(23(31)35-3)14-29(24(25)32)13-16-7-5-4-6-8-16/h4-11,19,27H,12-14H2,1-3H3. The van der Waals surface area contributed by atoms with Crippen molar-refractivity contribution in [3.05, 3.63) is 87.0 Å². The number of aromatic nitrogens is 1. The number of likely N-dealkylation sites (tertiary alicyclic amines) is 1. The van der Waals surface area contributed by atoms with E-state index >= 15 is 0 Å². The van der Waals surface area contributed by atoms with Gasteiger partial charge >= 0.3 is 11.7 Å². The first-order chi connectivity index (χ1) is 17.2. The van der Waals surface area contributed by atoms with E-state index < -0.39 is 46.1 Å². The molecule has 2 unspecified atom stereocenters. The topological polar surface area (TPSA) is 128 Å². The Bertz CT molecular complexity index is 1310. The fourth-order valence-electron chi connectivity index (χ4n) is 4.96. The number of aryl methyl sites for hydroxylation is 1. The minimum atomic E-state index is -1.76. The van der Waals surface area contributed by atoms with Gasteiger partial charge in [0.1, 0.15) is 5.82 Å². The van der Waals surface area contributed by atoms with Gasteiger partial charge in [-0.05, 0) is 36.2 Å². The zero-order chi connectivity index (χ0) is 26.0. The predicted molar refractivity (Wildman–Crippen MR) is 127 cm³/mol. The van der Waals surface area contributed by atoms with Crippen LogP contribution in [0.3, 0.4) is 0 Å². The van der Waals surface area contributed by atoms with Gasteiger partial charge in [-0.15, -0.1) is 0 Å². The lowest BCUT2D eigenvalue weighted by Gasteiger charge is -2.32. The molecule has 1 aromatic heterocycles. The number of carbonyl (C=O) groups excluding carboxylic acids is 2. The van der Waals surface area contributed by atoms with Crippen LogP contribution in [0.2, 0.25) is 0 Å². The second-order valence-electron chi connectivity index (χ2n) is 8.63. The fourth-order valence-corrected chi connectivity index (χ4v) is 4.96. The van der Waals surface area contributed by atoms with E-state index in [1.54, 1.807) is 7.05 Å². The van der Waals surface area contributed by atoms with E-state index in [4.69, 9.17) is 9.26 Å². The summed E-state index contributed by atoms with van der Waals surface area (Å²) < 4.78 is 25.0. The summed E-state index contributed by atoms with van der Waals surface area (Å²) in [6.07, 6.45) is -0.397. The summed E-state index contributed by atoms with van der Waals surface area (Å²) in [5, 5.41) is 18.5. The Morgan fingerprint density at radius 2 is 2.06 bits per heavy atom. The largest absolute Gasteiger partial charge is 0.469 e. The second-order valence-corrected chi connectivity index (χ2v) is 8.63. The van der Waals surface area contributed by atoms with E-state index in [1.165, 1.54) is 37.1 Å². The number of hydrogen-bond acceptors (Lipinski definition) is 8. The number of benzene rings is 2. The summed E-state index contributed by atoms with van der Waals surface area (Å²) in [5.74, 6) is -3.15. The number of anilines is 1. The van der Waals surface area contributed by atoms with Gasteiger partial charge in [0.15, 0.2) is 5.69 Å². The lowest BCUT2D eigenvalue weighted by molar-refractivity contribution is -0.386. The highest BCUT2D eigenvalue weighted by atomic mass is 19.1. The zero-order valence-corrected chi connectivity index (χ0v) is 20.0. The highest BCUT2D eigenvalue weighted by molar-refractivity contribution is 5.99. The molecule has 11 heteroatoms. The third kappa shape index (κ3) is 4.16. The molecular formula is C25H25FN4O6. The maximum absolute atomic E-state index is 14.6. The molecule has 188 valence electrons. The number of hydrogen-bond donors (Lipinski definition) is 1. The number of nitrogens with zero attached hydrogens (tertiary/aromatic N) is 3. The Labute approximate surface area is 206 Å². The van der Waals surface area contributed by atoms with Gasteiger partial charge in [0, 0.05) is 32.2 Å². The SMILES string of the molecule is CNc1ccc(F)cc1C1(Cc2onc(C)c2[N+](=O)[O-])C(=O)N(Cc2ccccc2)CC1C(=O)OC. The van der Waals surface area contributed by atoms with E-state index in [0.29, 0.717) is 5.69 Å². The molecule has 0 saturated carbocycles. The van der Waals surface area contributed by atoms with E-state index in [0.717, 1.165) is 5.56 Å². The molecule has 4 rings (SSSR count). The van der Waals surface area contributed by atoms with Gasteiger partial charge in [0.25, 0.3) is 0 Å². The van der Waals surface area contributed by atoms with Gasteiger partial charge in [-0.2, -0.15) is 0 Å². The number of methoxy groups -OCH3 is 1. The van der Waals surface area contributed by atoms with E-state index in [9.17, 15) is 24.1 Å². The van der Waals surface area contributed by atoms with Crippen LogP contribution in [0.15, 0.2) is 53.1 Å². The quantitative estimate of drug-likeness (QED) is 0.286. The molecule has 36 heavy (non-hydrogen) atoms. The van der Waals surface area contributed by atoms with Crippen LogP contribution < -0.4 is 5.32 Å². The number of halogens is 1. The summed E-state index contributed by atoms with van der Waals surface area (Å²) in [5.41, 5.74) is -0.753. The van der Waals surface area contributed by atoms with Crippen molar-refractivity contribution in [3.63, 3.8) is 0 Å². The van der Waals surface area contributed by atoms with Crippen LogP contribution in [0.25, 0.3) is 0 Å². The van der Waals surface area contributed by atoms with Crippen molar-refractivity contribution < 1.29 is 28.2 Å². The summed E-state index contributed by atoms with van der Waals surface area (Å²) in [6, 6.07) is 13.0. The van der Waals surface area contributed by atoms with Crippen LogP contribution >= 0.6 is 0 Å². The van der Waals surface area contributed by atoms with E-state index in [-0.39, 0.29) is 30.1 Å². The number of nitro groups is 1. The van der Waals surface area contributed by atoms with Gasteiger partial charge in [-0.1, -0.05) is 35.5 Å². The monoisotopic (exact) mass is 496 g/mol. The fraction of sp³-hybridized carbons (Fsp3) is 0.320. The summed E-state index contributed by atoms with van der Waals surface area (Å²) >= 11 is 0. The molecule has 1 aliphatic rings. The summed E-state index contributed by atoms with van der Waals surface area (Å²) in [7, 11) is 2.79. The van der Waals surface area contributed by atoms with Gasteiger partial charge in [-0.25, -0.2) is 4.39 Å². The first kappa shape index (κ1) is 24.8. The van der Waals surface area contributed by atoms with Gasteiger partial charge in [-0.3, -0.25) is 19.7 Å². The first-order valence-electron chi connectivity index (χ1n) is 11.2. The molecule has 10 nitrogen and oxygen atoms in total. The normalized spacial score (nSPS) is 19.4. The Kier molecular flexibility index (Phi) is 6.73. The average molecular weight is 496 g/mol. The van der Waals surface area contributed by atoms with Crippen LogP contribution in [0.5, 0.6) is 0 Å². The Balaban J connectivity index is 1.95. The molecule has 2 heterocycles. The number of amides is 1. The van der Waals surface area contributed by atoms with Crippen LogP contribution in [-0.2, 0) is 32.7 Å². The molecule has 1 fully saturated rings. The Morgan fingerprint density at radius 1 is 1.33 bits per heavy atom. The molecule has 3 aromatic rings. The van der Waals surface area contributed by atoms with E-state index in [1.807, 2.05) is 30.3 Å². The van der Waals surface area contributed by atoms with Crippen molar-refractivity contribution in [1.82, 2.24) is 10.1 Å². The van der Waals surface area contributed by atoms with Crippen LogP contribution in [0.4, 0.5) is 15.8 Å². The Morgan fingerprint density at radius 3 is 2.69 bits per heavy atom. The number of rotatable bonds is 8. The molecule has 1 amide bonds. The van der Waals surface area contributed by atoms with Crippen LogP contribution in [0, 0.1) is 28.8 Å². The lowest BCUT2D eigenvalue weighted by Crippen LogP contribution is -2.46. The third-order valence-corrected chi connectivity index (χ3v) is 6.62. The van der Waals surface area contributed by atoms with Crippen molar-refractivity contribution in [3.8, 4) is 0 Å². The molecule has 2 aromatic carbocycles. The van der Waals surface area contributed by atoms with Gasteiger partial charge < -0.3 is 19.5 Å². The highest BCUT2D eigenvalue weighted by Crippen LogP contribution is 2.48. The molecule has 0 aliphatic carbocycles. The zero-order valence-electron chi connectivity index (χ0n) is 20.0. The van der Waals surface area contributed by atoms with Crippen molar-refractivity contribution in [1.29, 1.82) is 0 Å². The average Bonchev–Trinajstić information content (AvgIpc) is 3.37. The van der Waals surface area contributed by atoms with E-state index in [2.05, 4.69) is 10.5 Å². The smallest absolute Gasteiger partial charge is 0.334 e. The molecule has 1 saturated heterocycles. The molecule has 2 atom stereocenters. The molecule has 1 aliphatic heterocycles. The first-order valence-corrected chi connectivity index (χ1v) is 11.2. The van der Waals surface area contributed by atoms with Crippen LogP contribution in [0.1, 0.15) is 22.6 Å². The van der Waals surface area contributed by atoms with Gasteiger partial charge in [0.05, 0.1) is 23.4 Å². The third-order valence-electron chi connectivity index (χ3n) is 6.62. The maximum Gasteiger partial charge on any atom is 0.334 e. The van der Waals surface area contributed by atoms with Crippen molar-refractivity contribution in [2.45, 2.75) is 25.3 Å². The molecule has 0 bridgehead atoms. The van der Waals surface area contributed by atoms with Crippen molar-refractivity contribution >= 4 is 23.3 Å². The number of carbonyl (C=O) groups is 2. The second kappa shape index (κ2) is 9.76. The number of ether oxygens (including phenoxy) is 1. The number of nitrogens with one attached hydrogen (secondary N) is 1. The summed E-state index contributed by atoms with van der Waals surface area (Å²) in [6.45, 7) is 1.55. The van der Waals surface area contributed by atoms with Crippen molar-refractivity contribution in [2.75, 3.05) is 26.0 Å². The van der Waals surface area contributed by atoms with Crippen LogP contribution in [-0.4, -0.2) is 47.6 Å². The molecular weight excluding hydrogens is 471 g/mol. The maximum atomic E-state index is 14.6. The van der Waals surface area contributed by atoms with Gasteiger partial charge in [0.2, 0.25) is 11.7 Å².